The van der Waals surface area contributed by atoms with Gasteiger partial charge in [-0.25, -0.2) is 0 Å². The molecule has 0 bridgehead atoms. The first-order chi connectivity index (χ1) is 5.65. The van der Waals surface area contributed by atoms with Crippen LogP contribution in [0.1, 0.15) is 29.6 Å². The van der Waals surface area contributed by atoms with Crippen LogP contribution in [0.25, 0.3) is 0 Å². The second-order valence-electron chi connectivity index (χ2n) is 3.34. The van der Waals surface area contributed by atoms with Gasteiger partial charge in [-0.15, -0.1) is 11.3 Å². The van der Waals surface area contributed by atoms with E-state index in [1.54, 1.807) is 11.3 Å². The van der Waals surface area contributed by atoms with Gasteiger partial charge in [0.1, 0.15) is 0 Å². The zero-order valence-corrected chi connectivity index (χ0v) is 8.61. The lowest BCUT2D eigenvalue weighted by Gasteiger charge is -2.17. The first-order valence-corrected chi connectivity index (χ1v) is 4.99. The van der Waals surface area contributed by atoms with Crippen molar-refractivity contribution < 1.29 is 0 Å². The van der Waals surface area contributed by atoms with Crippen molar-refractivity contribution in [3.8, 4) is 0 Å². The van der Waals surface area contributed by atoms with Crippen LogP contribution in [0, 0.1) is 12.8 Å². The molecule has 1 aromatic heterocycles. The van der Waals surface area contributed by atoms with Gasteiger partial charge in [0.15, 0.2) is 0 Å². The van der Waals surface area contributed by atoms with Crippen LogP contribution in [0.3, 0.4) is 0 Å². The fourth-order valence-corrected chi connectivity index (χ4v) is 2.33. The number of rotatable bonds is 3. The van der Waals surface area contributed by atoms with Crippen molar-refractivity contribution in [2.75, 3.05) is 0 Å². The van der Waals surface area contributed by atoms with Gasteiger partial charge in [-0.05, 0) is 25.0 Å². The van der Waals surface area contributed by atoms with Crippen molar-refractivity contribution in [3.05, 3.63) is 21.9 Å². The molecule has 68 valence electrons. The van der Waals surface area contributed by atoms with Gasteiger partial charge < -0.3 is 0 Å². The van der Waals surface area contributed by atoms with E-state index in [4.69, 9.17) is 5.84 Å². The molecule has 0 spiro atoms. The number of hydrogen-bond acceptors (Lipinski definition) is 3. The minimum absolute atomic E-state index is 0.295. The van der Waals surface area contributed by atoms with Gasteiger partial charge >= 0.3 is 0 Å². The maximum atomic E-state index is 5.47. The molecule has 1 unspecified atom stereocenters. The predicted octanol–water partition coefficient (Wildman–Crippen LogP) is 2.22. The quantitative estimate of drug-likeness (QED) is 0.558. The molecule has 2 nitrogen and oxygen atoms in total. The molecule has 0 saturated heterocycles. The number of thiophene rings is 1. The Hall–Kier alpha value is -0.380. The molecule has 0 aliphatic rings. The van der Waals surface area contributed by atoms with Gasteiger partial charge in [0, 0.05) is 9.75 Å². The lowest BCUT2D eigenvalue weighted by molar-refractivity contribution is 0.427. The van der Waals surface area contributed by atoms with Gasteiger partial charge in [-0.3, -0.25) is 11.3 Å². The standard InChI is InChI=1S/C9H16N2S/c1-6(2)9(11-10)8-5-4-7(3)12-8/h4-6,9,11H,10H2,1-3H3. The minimum atomic E-state index is 0.295. The number of aryl methyl sites for hydroxylation is 1. The molecule has 1 rings (SSSR count). The SMILES string of the molecule is Cc1ccc(C(NN)C(C)C)s1. The lowest BCUT2D eigenvalue weighted by atomic mass is 10.0. The van der Waals surface area contributed by atoms with E-state index in [1.807, 2.05) is 0 Å². The second kappa shape index (κ2) is 4.03. The second-order valence-corrected chi connectivity index (χ2v) is 4.66. The monoisotopic (exact) mass is 184 g/mol. The Morgan fingerprint density at radius 3 is 2.42 bits per heavy atom. The molecule has 0 saturated carbocycles. The molecule has 0 amide bonds. The zero-order valence-electron chi connectivity index (χ0n) is 7.79. The normalized spacial score (nSPS) is 13.8. The Morgan fingerprint density at radius 2 is 2.08 bits per heavy atom. The summed E-state index contributed by atoms with van der Waals surface area (Å²) in [5.74, 6) is 6.01. The summed E-state index contributed by atoms with van der Waals surface area (Å²) >= 11 is 1.81. The first-order valence-electron chi connectivity index (χ1n) is 4.17. The summed E-state index contributed by atoms with van der Waals surface area (Å²) in [6.45, 7) is 6.45. The maximum absolute atomic E-state index is 5.47. The Bertz CT molecular complexity index is 242. The number of nitrogens with one attached hydrogen (secondary N) is 1. The third kappa shape index (κ3) is 2.06. The van der Waals surface area contributed by atoms with Crippen molar-refractivity contribution in [1.82, 2.24) is 5.43 Å². The Kier molecular flexibility index (Phi) is 3.26. The van der Waals surface area contributed by atoms with Crippen molar-refractivity contribution in [2.45, 2.75) is 26.8 Å². The highest BCUT2D eigenvalue weighted by molar-refractivity contribution is 7.12. The molecule has 3 N–H and O–H groups in total. The molecule has 0 radical (unpaired) electrons. The van der Waals surface area contributed by atoms with E-state index in [-0.39, 0.29) is 0 Å². The molecule has 12 heavy (non-hydrogen) atoms. The summed E-state index contributed by atoms with van der Waals surface area (Å²) in [7, 11) is 0. The summed E-state index contributed by atoms with van der Waals surface area (Å²) in [4.78, 5) is 2.66. The summed E-state index contributed by atoms with van der Waals surface area (Å²) < 4.78 is 0. The fraction of sp³-hybridized carbons (Fsp3) is 0.556. The van der Waals surface area contributed by atoms with Crippen LogP contribution >= 0.6 is 11.3 Å². The molecule has 3 heteroatoms. The third-order valence-electron chi connectivity index (χ3n) is 1.91. The van der Waals surface area contributed by atoms with Crippen molar-refractivity contribution in [1.29, 1.82) is 0 Å². The highest BCUT2D eigenvalue weighted by Crippen LogP contribution is 2.27. The largest absolute Gasteiger partial charge is 0.271 e. The molecular weight excluding hydrogens is 168 g/mol. The molecule has 1 heterocycles. The maximum Gasteiger partial charge on any atom is 0.0576 e. The molecule has 0 aliphatic carbocycles. The fourth-order valence-electron chi connectivity index (χ4n) is 1.22. The Labute approximate surface area is 77.8 Å². The van der Waals surface area contributed by atoms with E-state index >= 15 is 0 Å². The number of nitrogens with two attached hydrogens (primary N) is 1. The van der Waals surface area contributed by atoms with E-state index < -0.39 is 0 Å². The van der Waals surface area contributed by atoms with Crippen LogP contribution in [-0.2, 0) is 0 Å². The number of hydrazine groups is 1. The van der Waals surface area contributed by atoms with E-state index in [0.717, 1.165) is 0 Å². The van der Waals surface area contributed by atoms with Crippen molar-refractivity contribution in [3.63, 3.8) is 0 Å². The highest BCUT2D eigenvalue weighted by atomic mass is 32.1. The van der Waals surface area contributed by atoms with Gasteiger partial charge in [-0.1, -0.05) is 13.8 Å². The first kappa shape index (κ1) is 9.71. The van der Waals surface area contributed by atoms with E-state index in [1.165, 1.54) is 9.75 Å². The van der Waals surface area contributed by atoms with Gasteiger partial charge in [0.25, 0.3) is 0 Å². The van der Waals surface area contributed by atoms with Crippen molar-refractivity contribution in [2.24, 2.45) is 11.8 Å². The molecule has 0 aromatic carbocycles. The summed E-state index contributed by atoms with van der Waals surface area (Å²) in [5.41, 5.74) is 2.84. The van der Waals surface area contributed by atoms with Crippen LogP contribution in [-0.4, -0.2) is 0 Å². The topological polar surface area (TPSA) is 38.0 Å². The van der Waals surface area contributed by atoms with Crippen LogP contribution in [0.15, 0.2) is 12.1 Å². The van der Waals surface area contributed by atoms with Gasteiger partial charge in [-0.2, -0.15) is 0 Å². The minimum Gasteiger partial charge on any atom is -0.271 e. The molecule has 0 fully saturated rings. The smallest absolute Gasteiger partial charge is 0.0576 e. The molecule has 1 atom stereocenters. The van der Waals surface area contributed by atoms with Crippen LogP contribution in [0.4, 0.5) is 0 Å². The summed E-state index contributed by atoms with van der Waals surface area (Å²) in [5, 5.41) is 0. The van der Waals surface area contributed by atoms with Gasteiger partial charge in [0.05, 0.1) is 6.04 Å². The van der Waals surface area contributed by atoms with E-state index in [9.17, 15) is 0 Å². The Morgan fingerprint density at radius 1 is 1.42 bits per heavy atom. The lowest BCUT2D eigenvalue weighted by Crippen LogP contribution is -2.30. The number of hydrogen-bond donors (Lipinski definition) is 2. The van der Waals surface area contributed by atoms with Crippen LogP contribution in [0.5, 0.6) is 0 Å². The van der Waals surface area contributed by atoms with Crippen LogP contribution in [0.2, 0.25) is 0 Å². The third-order valence-corrected chi connectivity index (χ3v) is 3.00. The summed E-state index contributed by atoms with van der Waals surface area (Å²) in [6, 6.07) is 4.57. The highest BCUT2D eigenvalue weighted by Gasteiger charge is 2.14. The van der Waals surface area contributed by atoms with E-state index in [2.05, 4.69) is 38.3 Å². The summed E-state index contributed by atoms with van der Waals surface area (Å²) in [6.07, 6.45) is 0. The average molecular weight is 184 g/mol. The molecular formula is C9H16N2S. The van der Waals surface area contributed by atoms with E-state index in [0.29, 0.717) is 12.0 Å². The van der Waals surface area contributed by atoms with Gasteiger partial charge in [0.2, 0.25) is 0 Å². The predicted molar refractivity (Wildman–Crippen MR) is 54.0 cm³/mol. The average Bonchev–Trinajstić information content (AvgIpc) is 2.37. The zero-order chi connectivity index (χ0) is 9.14. The van der Waals surface area contributed by atoms with Crippen LogP contribution < -0.4 is 11.3 Å². The molecule has 1 aromatic rings. The Balaban J connectivity index is 2.80. The molecule has 0 aliphatic heterocycles. The van der Waals surface area contributed by atoms with Crippen molar-refractivity contribution >= 4 is 11.3 Å².